The highest BCUT2D eigenvalue weighted by molar-refractivity contribution is 14.1. The third kappa shape index (κ3) is 9.05. The normalized spacial score (nSPS) is 18.0. The van der Waals surface area contributed by atoms with Crippen molar-refractivity contribution in [3.05, 3.63) is 108 Å². The van der Waals surface area contributed by atoms with Crippen molar-refractivity contribution in [1.29, 1.82) is 5.26 Å². The van der Waals surface area contributed by atoms with Gasteiger partial charge in [-0.25, -0.2) is 24.6 Å². The highest BCUT2D eigenvalue weighted by Gasteiger charge is 2.45. The van der Waals surface area contributed by atoms with E-state index in [0.717, 1.165) is 28.2 Å². The highest BCUT2D eigenvalue weighted by Crippen LogP contribution is 2.48. The minimum Gasteiger partial charge on any atom is -0.497 e. The number of nitrogens with zero attached hydrogens (tertiary/aromatic N) is 7. The van der Waals surface area contributed by atoms with E-state index >= 15 is 0 Å². The summed E-state index contributed by atoms with van der Waals surface area (Å²) in [6, 6.07) is 28.9. The van der Waals surface area contributed by atoms with E-state index in [1.54, 1.807) is 24.8 Å². The molecule has 0 bridgehead atoms. The van der Waals surface area contributed by atoms with Crippen molar-refractivity contribution in [3.8, 4) is 17.6 Å². The topological polar surface area (TPSA) is 141 Å². The second kappa shape index (κ2) is 19.4. The number of nitriles is 1. The quantitative estimate of drug-likeness (QED) is 0.0298. The number of hydrogen-bond donors (Lipinski definition) is 1. The zero-order valence-corrected chi connectivity index (χ0v) is 35.5. The van der Waals surface area contributed by atoms with Crippen molar-refractivity contribution in [2.24, 2.45) is 4.99 Å². The number of fused-ring (bicyclic) bond motifs is 1. The summed E-state index contributed by atoms with van der Waals surface area (Å²) in [5.41, 5.74) is 3.39. The molecule has 1 N–H and O–H groups in total. The molecule has 0 aliphatic carbocycles. The molecule has 1 aliphatic heterocycles. The van der Waals surface area contributed by atoms with Crippen LogP contribution in [-0.2, 0) is 19.3 Å². The van der Waals surface area contributed by atoms with Gasteiger partial charge in [-0.15, -0.1) is 0 Å². The Bertz CT molecular complexity index is 2020. The monoisotopic (exact) mass is 890 g/mol. The molecule has 1 fully saturated rings. The molecular formula is C41H48IN8O5P. The van der Waals surface area contributed by atoms with Gasteiger partial charge >= 0.3 is 0 Å². The Kier molecular flexibility index (Phi) is 14.4. The van der Waals surface area contributed by atoms with Crippen LogP contribution in [0.15, 0.2) is 96.5 Å². The minimum absolute atomic E-state index is 0.140. The maximum atomic E-state index is 9.32. The number of benzene rings is 3. The van der Waals surface area contributed by atoms with E-state index in [1.807, 2.05) is 34.9 Å². The van der Waals surface area contributed by atoms with E-state index in [-0.39, 0.29) is 37.8 Å². The Balaban J connectivity index is 1.47. The molecule has 5 aromatic rings. The molecule has 1 saturated heterocycles. The highest BCUT2D eigenvalue weighted by atomic mass is 127. The van der Waals surface area contributed by atoms with Crippen molar-refractivity contribution in [2.75, 3.05) is 27.4 Å². The summed E-state index contributed by atoms with van der Waals surface area (Å²) in [7, 11) is 1.81. The molecule has 13 nitrogen and oxygen atoms in total. The fourth-order valence-electron chi connectivity index (χ4n) is 7.25. The first-order valence-electron chi connectivity index (χ1n) is 18.5. The van der Waals surface area contributed by atoms with Gasteiger partial charge in [-0.05, 0) is 91.2 Å². The third-order valence-electron chi connectivity index (χ3n) is 9.72. The van der Waals surface area contributed by atoms with E-state index < -0.39 is 26.4 Å². The summed E-state index contributed by atoms with van der Waals surface area (Å²) in [4.78, 5) is 18.0. The van der Waals surface area contributed by atoms with Crippen LogP contribution < -0.4 is 14.8 Å². The lowest BCUT2D eigenvalue weighted by Crippen LogP contribution is -2.53. The number of ether oxygens (including phenoxy) is 3. The van der Waals surface area contributed by atoms with Gasteiger partial charge in [-0.1, -0.05) is 54.6 Å². The molecule has 0 amide bonds. The summed E-state index contributed by atoms with van der Waals surface area (Å²) in [6.45, 7) is 8.98. The van der Waals surface area contributed by atoms with Gasteiger partial charge in [0.15, 0.2) is 17.0 Å². The molecule has 0 radical (unpaired) electrons. The number of imidazole rings is 1. The summed E-state index contributed by atoms with van der Waals surface area (Å²) >= 11 is 2.07. The van der Waals surface area contributed by atoms with Crippen LogP contribution >= 0.6 is 31.1 Å². The molecule has 6 rings (SSSR count). The minimum atomic E-state index is -1.53. The van der Waals surface area contributed by atoms with Crippen LogP contribution in [0.1, 0.15) is 63.5 Å². The van der Waals surface area contributed by atoms with E-state index in [2.05, 4.69) is 135 Å². The van der Waals surface area contributed by atoms with Crippen molar-refractivity contribution in [1.82, 2.24) is 29.5 Å². The van der Waals surface area contributed by atoms with Crippen LogP contribution in [-0.4, -0.2) is 80.1 Å². The number of aliphatic imine (C=N–C) groups is 1. The van der Waals surface area contributed by atoms with E-state index in [9.17, 15) is 5.26 Å². The molecule has 3 heterocycles. The Labute approximate surface area is 343 Å². The molecule has 1 unspecified atom stereocenters. The van der Waals surface area contributed by atoms with Crippen molar-refractivity contribution < 1.29 is 23.3 Å². The lowest BCUT2D eigenvalue weighted by Gasteiger charge is -2.41. The predicted molar refractivity (Wildman–Crippen MR) is 226 cm³/mol. The van der Waals surface area contributed by atoms with E-state index in [0.29, 0.717) is 23.4 Å². The van der Waals surface area contributed by atoms with Crippen LogP contribution in [0.3, 0.4) is 0 Å². The number of aromatic nitrogens is 4. The average molecular weight is 891 g/mol. The molecule has 4 atom stereocenters. The standard InChI is InChI=1S/C41H48IN8O5P/c1-28(2)50(29(3)4)56(53-22-10-21-43)54-24-36-35(23-37(55-36)49-27-47-38-39(44-25-42)45-26-46-40(38)49)48-41(30-11-8-7-9-12-30,31-13-17-33(51-5)18-14-31)32-15-19-34(52-6)20-16-32/h7-9,11-20,25-29,35-37,48H,10,22-24H2,1-6H3/b44-25-/t35-,36+,37+,56?/m0/s1. The molecule has 56 heavy (non-hydrogen) atoms. The maximum absolute atomic E-state index is 9.32. The van der Waals surface area contributed by atoms with E-state index in [4.69, 9.17) is 23.3 Å². The molecule has 3 aromatic carbocycles. The van der Waals surface area contributed by atoms with E-state index in [1.165, 1.54) is 6.33 Å². The van der Waals surface area contributed by atoms with Crippen LogP contribution in [0.5, 0.6) is 11.5 Å². The number of rotatable bonds is 18. The molecule has 294 valence electrons. The van der Waals surface area contributed by atoms with Gasteiger partial charge in [-0.2, -0.15) is 5.26 Å². The average Bonchev–Trinajstić information content (AvgIpc) is 3.83. The van der Waals surface area contributed by atoms with Gasteiger partial charge in [0.1, 0.15) is 24.1 Å². The number of nitrogens with one attached hydrogen (secondary N) is 1. The van der Waals surface area contributed by atoms with Crippen molar-refractivity contribution >= 4 is 52.3 Å². The van der Waals surface area contributed by atoms with Gasteiger partial charge in [0.25, 0.3) is 8.53 Å². The SMILES string of the molecule is COc1ccc(C(N[C@H]2C[C@H](n3cnc4c(/N=C\I)ncnc43)O[C@@H]2COP(OCCC#N)N(C(C)C)C(C)C)(c2ccccc2)c2ccc(OC)cc2)cc1. The molecule has 15 heteroatoms. The fourth-order valence-corrected chi connectivity index (χ4v) is 9.13. The lowest BCUT2D eigenvalue weighted by atomic mass is 9.76. The van der Waals surface area contributed by atoms with Gasteiger partial charge in [0.2, 0.25) is 0 Å². The van der Waals surface area contributed by atoms with Gasteiger partial charge in [-0.3, -0.25) is 9.88 Å². The third-order valence-corrected chi connectivity index (χ3v) is 12.1. The molecule has 0 spiro atoms. The van der Waals surface area contributed by atoms with Crippen LogP contribution in [0.2, 0.25) is 0 Å². The first-order chi connectivity index (χ1) is 27.2. The van der Waals surface area contributed by atoms with Gasteiger partial charge in [0.05, 0.1) is 62.1 Å². The molecule has 1 aliphatic rings. The summed E-state index contributed by atoms with van der Waals surface area (Å²) in [5.74, 6) is 2.00. The summed E-state index contributed by atoms with van der Waals surface area (Å²) in [6.07, 6.45) is 3.12. The summed E-state index contributed by atoms with van der Waals surface area (Å²) < 4.78 is 37.1. The second-order valence-corrected chi connectivity index (χ2v) is 15.8. The predicted octanol–water partition coefficient (Wildman–Crippen LogP) is 8.47. The number of methoxy groups -OCH3 is 2. The lowest BCUT2D eigenvalue weighted by molar-refractivity contribution is -0.0242. The first kappa shape index (κ1) is 41.6. The van der Waals surface area contributed by atoms with Crippen molar-refractivity contribution in [3.63, 3.8) is 0 Å². The number of halogens is 1. The fraction of sp³-hybridized carbons (Fsp3) is 0.390. The molecular weight excluding hydrogens is 842 g/mol. The number of hydrogen-bond acceptors (Lipinski definition) is 12. The second-order valence-electron chi connectivity index (χ2n) is 13.8. The Hall–Kier alpha value is -4.07. The first-order valence-corrected chi connectivity index (χ1v) is 20.9. The molecule has 2 aromatic heterocycles. The Morgan fingerprint density at radius 2 is 1.57 bits per heavy atom. The zero-order valence-electron chi connectivity index (χ0n) is 32.4. The zero-order chi connectivity index (χ0) is 39.7. The van der Waals surface area contributed by atoms with Gasteiger partial charge < -0.3 is 23.3 Å². The maximum Gasteiger partial charge on any atom is 0.259 e. The van der Waals surface area contributed by atoms with Crippen LogP contribution in [0.25, 0.3) is 11.2 Å². The largest absolute Gasteiger partial charge is 0.497 e. The Morgan fingerprint density at radius 3 is 2.14 bits per heavy atom. The molecule has 0 saturated carbocycles. The smallest absolute Gasteiger partial charge is 0.259 e. The van der Waals surface area contributed by atoms with Crippen LogP contribution in [0, 0.1) is 11.3 Å². The van der Waals surface area contributed by atoms with Crippen molar-refractivity contribution in [2.45, 2.75) is 76.5 Å². The van der Waals surface area contributed by atoms with Crippen LogP contribution in [0.4, 0.5) is 5.82 Å². The summed E-state index contributed by atoms with van der Waals surface area (Å²) in [5, 5.41) is 13.5. The van der Waals surface area contributed by atoms with Gasteiger partial charge in [0, 0.05) is 24.5 Å². The Morgan fingerprint density at radius 1 is 0.946 bits per heavy atom.